The Labute approximate surface area is 182 Å². The van der Waals surface area contributed by atoms with E-state index < -0.39 is 0 Å². The van der Waals surface area contributed by atoms with Gasteiger partial charge in [-0.15, -0.1) is 0 Å². The van der Waals surface area contributed by atoms with Crippen molar-refractivity contribution < 1.29 is 18.7 Å². The zero-order valence-electron chi connectivity index (χ0n) is 18.2. The lowest BCUT2D eigenvalue weighted by molar-refractivity contribution is -0.121. The highest BCUT2D eigenvalue weighted by atomic mass is 16.5. The standard InChI is InChI=1S/C23H30N4O4/c1-16-7-8-20-19(12-16)27(22(28)15-30-20)13-21-25-18(14-31-21)23(29)24-9-5-11-26-10-4-3-6-17(26)2/h7-8,12,14,17H,3-6,9-11,13,15H2,1-2H3,(H,24,29)/t17-/m0/s1. The number of rotatable bonds is 7. The van der Waals surface area contributed by atoms with E-state index in [1.54, 1.807) is 4.90 Å². The molecule has 0 bridgehead atoms. The van der Waals surface area contributed by atoms with Crippen molar-refractivity contribution in [2.45, 2.75) is 52.1 Å². The number of nitrogens with zero attached hydrogens (tertiary/aromatic N) is 3. The number of aromatic nitrogens is 1. The van der Waals surface area contributed by atoms with Crippen LogP contribution >= 0.6 is 0 Å². The predicted molar refractivity (Wildman–Crippen MR) is 116 cm³/mol. The minimum atomic E-state index is -0.258. The first kappa shape index (κ1) is 21.4. The molecule has 1 saturated heterocycles. The lowest BCUT2D eigenvalue weighted by Crippen LogP contribution is -2.39. The van der Waals surface area contributed by atoms with Crippen molar-refractivity contribution in [2.75, 3.05) is 31.1 Å². The van der Waals surface area contributed by atoms with Gasteiger partial charge in [0.2, 0.25) is 5.89 Å². The lowest BCUT2D eigenvalue weighted by atomic mass is 10.0. The van der Waals surface area contributed by atoms with Crippen LogP contribution in [0.25, 0.3) is 0 Å². The molecule has 2 aromatic rings. The molecule has 2 amide bonds. The highest BCUT2D eigenvalue weighted by Crippen LogP contribution is 2.33. The van der Waals surface area contributed by atoms with Crippen molar-refractivity contribution >= 4 is 17.5 Å². The number of hydrogen-bond acceptors (Lipinski definition) is 6. The monoisotopic (exact) mass is 426 g/mol. The Morgan fingerprint density at radius 2 is 2.19 bits per heavy atom. The van der Waals surface area contributed by atoms with Crippen molar-refractivity contribution in [3.8, 4) is 5.75 Å². The van der Waals surface area contributed by atoms with Crippen LogP contribution in [0.1, 0.15) is 54.5 Å². The summed E-state index contributed by atoms with van der Waals surface area (Å²) in [4.78, 5) is 33.2. The van der Waals surface area contributed by atoms with Gasteiger partial charge in [-0.25, -0.2) is 4.98 Å². The topological polar surface area (TPSA) is 87.9 Å². The molecule has 31 heavy (non-hydrogen) atoms. The van der Waals surface area contributed by atoms with E-state index in [1.165, 1.54) is 25.5 Å². The van der Waals surface area contributed by atoms with E-state index in [0.717, 1.165) is 25.1 Å². The smallest absolute Gasteiger partial charge is 0.273 e. The van der Waals surface area contributed by atoms with Gasteiger partial charge in [0.25, 0.3) is 11.8 Å². The van der Waals surface area contributed by atoms with Crippen LogP contribution in [0.3, 0.4) is 0 Å². The third-order valence-corrected chi connectivity index (χ3v) is 5.98. The number of anilines is 1. The number of hydrogen-bond donors (Lipinski definition) is 1. The first-order chi connectivity index (χ1) is 15.0. The van der Waals surface area contributed by atoms with Gasteiger partial charge in [-0.3, -0.25) is 14.5 Å². The number of amides is 2. The third kappa shape index (κ3) is 5.07. The van der Waals surface area contributed by atoms with Crippen molar-refractivity contribution in [3.05, 3.63) is 41.6 Å². The third-order valence-electron chi connectivity index (χ3n) is 5.98. The molecule has 8 heteroatoms. The maximum absolute atomic E-state index is 12.4. The van der Waals surface area contributed by atoms with Gasteiger partial charge in [-0.2, -0.15) is 0 Å². The van der Waals surface area contributed by atoms with Crippen molar-refractivity contribution in [3.63, 3.8) is 0 Å². The molecule has 0 unspecified atom stereocenters. The number of likely N-dealkylation sites (tertiary alicyclic amines) is 1. The quantitative estimate of drug-likeness (QED) is 0.685. The number of piperidine rings is 1. The van der Waals surface area contributed by atoms with Crippen LogP contribution in [0.5, 0.6) is 5.75 Å². The highest BCUT2D eigenvalue weighted by molar-refractivity contribution is 5.97. The van der Waals surface area contributed by atoms with Gasteiger partial charge < -0.3 is 19.4 Å². The highest BCUT2D eigenvalue weighted by Gasteiger charge is 2.27. The molecule has 8 nitrogen and oxygen atoms in total. The minimum Gasteiger partial charge on any atom is -0.482 e. The molecule has 1 fully saturated rings. The summed E-state index contributed by atoms with van der Waals surface area (Å²) in [6, 6.07) is 6.31. The fourth-order valence-electron chi connectivity index (χ4n) is 4.17. The molecular weight excluding hydrogens is 396 g/mol. The van der Waals surface area contributed by atoms with E-state index >= 15 is 0 Å². The molecule has 2 aliphatic rings. The Morgan fingerprint density at radius 3 is 3.03 bits per heavy atom. The Balaban J connectivity index is 1.31. The second kappa shape index (κ2) is 9.51. The first-order valence-corrected chi connectivity index (χ1v) is 11.0. The number of aryl methyl sites for hydroxylation is 1. The molecule has 1 aromatic heterocycles. The molecule has 1 N–H and O–H groups in total. The average Bonchev–Trinajstić information content (AvgIpc) is 3.23. The van der Waals surface area contributed by atoms with E-state index in [2.05, 4.69) is 22.1 Å². The predicted octanol–water partition coefficient (Wildman–Crippen LogP) is 2.90. The molecule has 0 spiro atoms. The minimum absolute atomic E-state index is 0.0280. The van der Waals surface area contributed by atoms with E-state index in [4.69, 9.17) is 9.15 Å². The molecule has 4 rings (SSSR count). The van der Waals surface area contributed by atoms with E-state index in [1.807, 2.05) is 25.1 Å². The van der Waals surface area contributed by atoms with Crippen LogP contribution in [0.4, 0.5) is 5.69 Å². The molecule has 0 aliphatic carbocycles. The van der Waals surface area contributed by atoms with Gasteiger partial charge >= 0.3 is 0 Å². The molecule has 0 radical (unpaired) electrons. The van der Waals surface area contributed by atoms with Gasteiger partial charge in [0.05, 0.1) is 5.69 Å². The SMILES string of the molecule is Cc1ccc2c(c1)N(Cc1nc(C(=O)NCCCN3CCCC[C@@H]3C)co1)C(=O)CO2. The Bertz CT molecular complexity index is 941. The second-order valence-corrected chi connectivity index (χ2v) is 8.36. The number of carbonyl (C=O) groups is 2. The summed E-state index contributed by atoms with van der Waals surface area (Å²) in [6.45, 7) is 7.08. The maximum atomic E-state index is 12.4. The Morgan fingerprint density at radius 1 is 1.32 bits per heavy atom. The summed E-state index contributed by atoms with van der Waals surface area (Å²) in [5, 5.41) is 2.91. The number of nitrogens with one attached hydrogen (secondary N) is 1. The summed E-state index contributed by atoms with van der Waals surface area (Å²) in [7, 11) is 0. The fraction of sp³-hybridized carbons (Fsp3) is 0.522. The van der Waals surface area contributed by atoms with Gasteiger partial charge in [0.1, 0.15) is 18.6 Å². The maximum Gasteiger partial charge on any atom is 0.273 e. The normalized spacial score (nSPS) is 19.1. The first-order valence-electron chi connectivity index (χ1n) is 11.0. The van der Waals surface area contributed by atoms with E-state index in [0.29, 0.717) is 29.9 Å². The van der Waals surface area contributed by atoms with Gasteiger partial charge in [0.15, 0.2) is 12.3 Å². The largest absolute Gasteiger partial charge is 0.482 e. The van der Waals surface area contributed by atoms with Crippen molar-refractivity contribution in [2.24, 2.45) is 0 Å². The lowest BCUT2D eigenvalue weighted by Gasteiger charge is -2.33. The van der Waals surface area contributed by atoms with Crippen LogP contribution in [0, 0.1) is 6.92 Å². The molecule has 0 saturated carbocycles. The summed E-state index contributed by atoms with van der Waals surface area (Å²) >= 11 is 0. The Hall–Kier alpha value is -2.87. The molecule has 2 aliphatic heterocycles. The van der Waals surface area contributed by atoms with Gasteiger partial charge in [-0.1, -0.05) is 12.5 Å². The molecule has 3 heterocycles. The number of ether oxygens (including phenoxy) is 1. The molecule has 166 valence electrons. The van der Waals surface area contributed by atoms with Gasteiger partial charge in [0, 0.05) is 19.1 Å². The van der Waals surface area contributed by atoms with Crippen LogP contribution in [0.2, 0.25) is 0 Å². The number of fused-ring (bicyclic) bond motifs is 1. The number of oxazole rings is 1. The summed E-state index contributed by atoms with van der Waals surface area (Å²) in [6.07, 6.45) is 6.07. The summed E-state index contributed by atoms with van der Waals surface area (Å²) in [5.41, 5.74) is 1.94. The summed E-state index contributed by atoms with van der Waals surface area (Å²) < 4.78 is 11.0. The number of carbonyl (C=O) groups excluding carboxylic acids is 2. The second-order valence-electron chi connectivity index (χ2n) is 8.36. The number of benzene rings is 1. The van der Waals surface area contributed by atoms with Crippen molar-refractivity contribution in [1.29, 1.82) is 0 Å². The molecule has 1 atom stereocenters. The van der Waals surface area contributed by atoms with E-state index in [9.17, 15) is 9.59 Å². The average molecular weight is 427 g/mol. The molecular formula is C23H30N4O4. The fourth-order valence-corrected chi connectivity index (χ4v) is 4.17. The van der Waals surface area contributed by atoms with Crippen molar-refractivity contribution in [1.82, 2.24) is 15.2 Å². The van der Waals surface area contributed by atoms with E-state index in [-0.39, 0.29) is 30.7 Å². The van der Waals surface area contributed by atoms with Gasteiger partial charge in [-0.05, 0) is 57.4 Å². The molecule has 1 aromatic carbocycles. The van der Waals surface area contributed by atoms with Crippen LogP contribution in [-0.4, -0.2) is 54.0 Å². The van der Waals surface area contributed by atoms with Crippen LogP contribution < -0.4 is 15.0 Å². The Kier molecular flexibility index (Phi) is 6.56. The van der Waals surface area contributed by atoms with Crippen LogP contribution in [0.15, 0.2) is 28.9 Å². The van der Waals surface area contributed by atoms with Crippen LogP contribution in [-0.2, 0) is 11.3 Å². The zero-order chi connectivity index (χ0) is 21.8. The zero-order valence-corrected chi connectivity index (χ0v) is 18.2. The summed E-state index contributed by atoms with van der Waals surface area (Å²) in [5.74, 6) is 0.535.